The third kappa shape index (κ3) is 5.01. The molecule has 0 aliphatic heterocycles. The van der Waals surface area contributed by atoms with Gasteiger partial charge in [0.05, 0.1) is 6.10 Å². The van der Waals surface area contributed by atoms with Gasteiger partial charge in [-0.3, -0.25) is 0 Å². The van der Waals surface area contributed by atoms with E-state index in [0.29, 0.717) is 6.10 Å². The third-order valence-electron chi connectivity index (χ3n) is 5.87. The molecule has 2 heteroatoms. The Balaban J connectivity index is 1.58. The normalized spacial score (nSPS) is 21.1. The lowest BCUT2D eigenvalue weighted by atomic mass is 9.84. The van der Waals surface area contributed by atoms with Gasteiger partial charge in [0.25, 0.3) is 0 Å². The van der Waals surface area contributed by atoms with Gasteiger partial charge in [-0.1, -0.05) is 50.8 Å². The highest BCUT2D eigenvalue weighted by molar-refractivity contribution is 5.84. The summed E-state index contributed by atoms with van der Waals surface area (Å²) in [5.74, 6) is 1.93. The SMILES string of the molecule is CCCCCC1CCC(Oc2ccc3cc(C(C)(C)N)ccc3c2)CC1. The van der Waals surface area contributed by atoms with Crippen LogP contribution in [0.3, 0.4) is 0 Å². The van der Waals surface area contributed by atoms with E-state index < -0.39 is 0 Å². The number of hydrogen-bond acceptors (Lipinski definition) is 2. The van der Waals surface area contributed by atoms with E-state index >= 15 is 0 Å². The molecule has 26 heavy (non-hydrogen) atoms. The first kappa shape index (κ1) is 19.2. The lowest BCUT2D eigenvalue weighted by Gasteiger charge is -2.29. The van der Waals surface area contributed by atoms with Crippen LogP contribution in [-0.2, 0) is 5.54 Å². The lowest BCUT2D eigenvalue weighted by Crippen LogP contribution is -2.28. The van der Waals surface area contributed by atoms with Gasteiger partial charge in [0.15, 0.2) is 0 Å². The summed E-state index contributed by atoms with van der Waals surface area (Å²) in [6.07, 6.45) is 11.0. The van der Waals surface area contributed by atoms with Crippen LogP contribution >= 0.6 is 0 Å². The zero-order valence-electron chi connectivity index (χ0n) is 16.8. The van der Waals surface area contributed by atoms with Gasteiger partial charge in [-0.2, -0.15) is 0 Å². The number of benzene rings is 2. The molecule has 2 nitrogen and oxygen atoms in total. The summed E-state index contributed by atoms with van der Waals surface area (Å²) in [5.41, 5.74) is 7.09. The Labute approximate surface area is 159 Å². The molecule has 2 N–H and O–H groups in total. The molecule has 0 amide bonds. The predicted octanol–water partition coefficient (Wildman–Crippen LogP) is 6.55. The van der Waals surface area contributed by atoms with Crippen molar-refractivity contribution >= 4 is 10.8 Å². The lowest BCUT2D eigenvalue weighted by molar-refractivity contribution is 0.128. The van der Waals surface area contributed by atoms with Crippen molar-refractivity contribution in [3.05, 3.63) is 42.0 Å². The second-order valence-corrected chi connectivity index (χ2v) is 8.70. The summed E-state index contributed by atoms with van der Waals surface area (Å²) >= 11 is 0. The first-order chi connectivity index (χ1) is 12.5. The van der Waals surface area contributed by atoms with Gasteiger partial charge in [-0.25, -0.2) is 0 Å². The average molecular weight is 354 g/mol. The van der Waals surface area contributed by atoms with Crippen LogP contribution in [0.15, 0.2) is 36.4 Å². The van der Waals surface area contributed by atoms with Gasteiger partial charge in [-0.15, -0.1) is 0 Å². The molecule has 2 aromatic carbocycles. The number of unbranched alkanes of at least 4 members (excludes halogenated alkanes) is 2. The van der Waals surface area contributed by atoms with E-state index in [1.807, 2.05) is 13.8 Å². The van der Waals surface area contributed by atoms with Crippen molar-refractivity contribution in [3.63, 3.8) is 0 Å². The molecule has 1 aliphatic carbocycles. The minimum atomic E-state index is -0.306. The van der Waals surface area contributed by atoms with Gasteiger partial charge >= 0.3 is 0 Å². The van der Waals surface area contributed by atoms with E-state index in [2.05, 4.69) is 43.3 Å². The molecule has 0 aromatic heterocycles. The van der Waals surface area contributed by atoms with Crippen LogP contribution in [0.1, 0.15) is 77.7 Å². The molecule has 1 aliphatic rings. The molecule has 0 atom stereocenters. The summed E-state index contributed by atoms with van der Waals surface area (Å²) in [6, 6.07) is 12.9. The van der Waals surface area contributed by atoms with Gasteiger partial charge in [0.1, 0.15) is 5.75 Å². The Morgan fingerprint density at radius 2 is 1.65 bits per heavy atom. The van der Waals surface area contributed by atoms with E-state index in [9.17, 15) is 0 Å². The van der Waals surface area contributed by atoms with Crippen LogP contribution in [0.25, 0.3) is 10.8 Å². The molecule has 1 fully saturated rings. The van der Waals surface area contributed by atoms with Crippen molar-refractivity contribution in [3.8, 4) is 5.75 Å². The Bertz CT molecular complexity index is 708. The van der Waals surface area contributed by atoms with Crippen molar-refractivity contribution < 1.29 is 4.74 Å². The molecule has 1 saturated carbocycles. The maximum Gasteiger partial charge on any atom is 0.120 e. The van der Waals surface area contributed by atoms with Gasteiger partial charge < -0.3 is 10.5 Å². The van der Waals surface area contributed by atoms with Gasteiger partial charge in [0.2, 0.25) is 0 Å². The van der Waals surface area contributed by atoms with Crippen molar-refractivity contribution in [1.82, 2.24) is 0 Å². The minimum absolute atomic E-state index is 0.306. The first-order valence-corrected chi connectivity index (χ1v) is 10.5. The Kier molecular flexibility index (Phi) is 6.24. The fraction of sp³-hybridized carbons (Fsp3) is 0.583. The maximum atomic E-state index is 6.31. The zero-order chi connectivity index (χ0) is 18.6. The fourth-order valence-corrected chi connectivity index (χ4v) is 4.11. The molecule has 0 radical (unpaired) electrons. The molecule has 0 spiro atoms. The highest BCUT2D eigenvalue weighted by atomic mass is 16.5. The van der Waals surface area contributed by atoms with Gasteiger partial charge in [-0.05, 0) is 80.0 Å². The van der Waals surface area contributed by atoms with E-state index in [0.717, 1.165) is 11.7 Å². The molecule has 3 rings (SSSR count). The van der Waals surface area contributed by atoms with Gasteiger partial charge in [0, 0.05) is 5.54 Å². The quantitative estimate of drug-likeness (QED) is 0.573. The van der Waals surface area contributed by atoms with Crippen LogP contribution in [0, 0.1) is 5.92 Å². The van der Waals surface area contributed by atoms with Crippen molar-refractivity contribution in [2.45, 2.75) is 83.8 Å². The number of fused-ring (bicyclic) bond motifs is 1. The van der Waals surface area contributed by atoms with Crippen LogP contribution in [0.4, 0.5) is 0 Å². The van der Waals surface area contributed by atoms with E-state index in [4.69, 9.17) is 10.5 Å². The molecule has 0 saturated heterocycles. The zero-order valence-corrected chi connectivity index (χ0v) is 16.8. The highest BCUT2D eigenvalue weighted by Gasteiger charge is 2.22. The van der Waals surface area contributed by atoms with Crippen molar-refractivity contribution in [2.24, 2.45) is 11.7 Å². The molecule has 0 heterocycles. The first-order valence-electron chi connectivity index (χ1n) is 10.5. The fourth-order valence-electron chi connectivity index (χ4n) is 4.11. The minimum Gasteiger partial charge on any atom is -0.490 e. The maximum absolute atomic E-state index is 6.31. The van der Waals surface area contributed by atoms with Crippen LogP contribution < -0.4 is 10.5 Å². The molecule has 2 aromatic rings. The average Bonchev–Trinajstić information content (AvgIpc) is 2.62. The number of ether oxygens (including phenoxy) is 1. The van der Waals surface area contributed by atoms with Crippen LogP contribution in [0.2, 0.25) is 0 Å². The second kappa shape index (κ2) is 8.43. The number of nitrogens with two attached hydrogens (primary N) is 1. The Morgan fingerprint density at radius 3 is 2.35 bits per heavy atom. The standard InChI is InChI=1S/C24H35NO/c1-4-5-6-7-18-8-13-22(14-9-18)26-23-15-11-19-16-21(24(2,3)25)12-10-20(19)17-23/h10-12,15-18,22H,4-9,13-14,25H2,1-3H3. The highest BCUT2D eigenvalue weighted by Crippen LogP contribution is 2.32. The van der Waals surface area contributed by atoms with E-state index in [1.54, 1.807) is 0 Å². The largest absolute Gasteiger partial charge is 0.490 e. The van der Waals surface area contributed by atoms with E-state index in [-0.39, 0.29) is 5.54 Å². The Morgan fingerprint density at radius 1 is 0.962 bits per heavy atom. The summed E-state index contributed by atoms with van der Waals surface area (Å²) in [7, 11) is 0. The smallest absolute Gasteiger partial charge is 0.120 e. The van der Waals surface area contributed by atoms with E-state index in [1.165, 1.54) is 67.7 Å². The number of hydrogen-bond donors (Lipinski definition) is 1. The Hall–Kier alpha value is -1.54. The summed E-state index contributed by atoms with van der Waals surface area (Å²) < 4.78 is 6.31. The monoisotopic (exact) mass is 353 g/mol. The molecule has 0 unspecified atom stereocenters. The molecule has 0 bridgehead atoms. The van der Waals surface area contributed by atoms with Crippen LogP contribution in [-0.4, -0.2) is 6.10 Å². The van der Waals surface area contributed by atoms with Crippen molar-refractivity contribution in [2.75, 3.05) is 0 Å². The molecular formula is C24H35NO. The van der Waals surface area contributed by atoms with Crippen molar-refractivity contribution in [1.29, 1.82) is 0 Å². The molecular weight excluding hydrogens is 318 g/mol. The topological polar surface area (TPSA) is 35.2 Å². The summed E-state index contributed by atoms with van der Waals surface area (Å²) in [6.45, 7) is 6.38. The number of rotatable bonds is 7. The summed E-state index contributed by atoms with van der Waals surface area (Å²) in [5, 5.41) is 2.46. The predicted molar refractivity (Wildman–Crippen MR) is 112 cm³/mol. The molecule has 142 valence electrons. The van der Waals surface area contributed by atoms with Crippen LogP contribution in [0.5, 0.6) is 5.75 Å². The summed E-state index contributed by atoms with van der Waals surface area (Å²) in [4.78, 5) is 0. The second-order valence-electron chi connectivity index (χ2n) is 8.70. The third-order valence-corrected chi connectivity index (χ3v) is 5.87.